The number of nitrogens with two attached hydrogens (primary N) is 1. The van der Waals surface area contributed by atoms with Gasteiger partial charge in [0, 0.05) is 29.9 Å². The molecule has 4 atom stereocenters. The van der Waals surface area contributed by atoms with E-state index in [0.717, 1.165) is 22.0 Å². The molecule has 2 aromatic carbocycles. The number of benzene rings is 2. The number of aromatic nitrogens is 1. The van der Waals surface area contributed by atoms with Gasteiger partial charge in [0.15, 0.2) is 0 Å². The van der Waals surface area contributed by atoms with Gasteiger partial charge in [0.05, 0.1) is 12.8 Å². The molecule has 3 heterocycles. The Hall–Kier alpha value is -3.89. The summed E-state index contributed by atoms with van der Waals surface area (Å²) in [5.41, 5.74) is 8.69. The molecule has 1 saturated heterocycles. The quantitative estimate of drug-likeness (QED) is 0.311. The number of carbonyl (C=O) groups is 3. The number of carbonyl (C=O) groups excluding carboxylic acids is 3. The second kappa shape index (κ2) is 10.2. The number of aliphatic hydroxyl groups excluding tert-OH is 1. The van der Waals surface area contributed by atoms with Crippen molar-refractivity contribution < 1.29 is 24.2 Å². The SMILES string of the molecule is COc1cccc2[nH]c(C(O)N3CCc4ccccc4[C@H]3C(=O)N[C@@H](C[C@@H]3CCNC3=O)C(N)=O)cc12. The number of primary amides is 1. The van der Waals surface area contributed by atoms with E-state index in [0.29, 0.717) is 37.4 Å². The highest BCUT2D eigenvalue weighted by Gasteiger charge is 2.39. The summed E-state index contributed by atoms with van der Waals surface area (Å²) in [4.78, 5) is 43.0. The topological polar surface area (TPSA) is 150 Å². The van der Waals surface area contributed by atoms with E-state index in [4.69, 9.17) is 10.5 Å². The molecule has 0 saturated carbocycles. The summed E-state index contributed by atoms with van der Waals surface area (Å²) >= 11 is 0. The van der Waals surface area contributed by atoms with Crippen molar-refractivity contribution in [3.8, 4) is 5.75 Å². The number of amides is 3. The van der Waals surface area contributed by atoms with Crippen LogP contribution in [0.2, 0.25) is 0 Å². The Balaban J connectivity index is 1.45. The highest BCUT2D eigenvalue weighted by atomic mass is 16.5. The normalized spacial score (nSPS) is 21.2. The maximum Gasteiger partial charge on any atom is 0.242 e. The van der Waals surface area contributed by atoms with Gasteiger partial charge in [-0.15, -0.1) is 0 Å². The van der Waals surface area contributed by atoms with Crippen LogP contribution in [0, 0.1) is 5.92 Å². The van der Waals surface area contributed by atoms with Gasteiger partial charge in [0.25, 0.3) is 0 Å². The number of hydrogen-bond acceptors (Lipinski definition) is 6. The predicted octanol–water partition coefficient (Wildman–Crippen LogP) is 1.26. The van der Waals surface area contributed by atoms with Crippen LogP contribution in [0.25, 0.3) is 10.9 Å². The molecule has 10 nitrogen and oxygen atoms in total. The first kappa shape index (κ1) is 24.8. The van der Waals surface area contributed by atoms with Crippen LogP contribution in [0.5, 0.6) is 5.75 Å². The fraction of sp³-hybridized carbons (Fsp3) is 0.370. The van der Waals surface area contributed by atoms with Crippen molar-refractivity contribution in [1.29, 1.82) is 0 Å². The van der Waals surface area contributed by atoms with Crippen LogP contribution in [0.3, 0.4) is 0 Å². The molecule has 2 aliphatic heterocycles. The van der Waals surface area contributed by atoms with Gasteiger partial charge < -0.3 is 31.2 Å². The lowest BCUT2D eigenvalue weighted by Gasteiger charge is -2.39. The van der Waals surface area contributed by atoms with Crippen molar-refractivity contribution in [2.24, 2.45) is 11.7 Å². The number of hydrogen-bond donors (Lipinski definition) is 5. The molecule has 0 radical (unpaired) electrons. The number of H-pyrrole nitrogens is 1. The molecule has 5 rings (SSSR count). The molecule has 194 valence electrons. The molecule has 0 spiro atoms. The lowest BCUT2D eigenvalue weighted by Crippen LogP contribution is -2.52. The average molecular weight is 506 g/mol. The number of nitrogens with zero attached hydrogens (tertiary/aromatic N) is 1. The molecule has 6 N–H and O–H groups in total. The fourth-order valence-electron chi connectivity index (χ4n) is 5.44. The number of nitrogens with one attached hydrogen (secondary N) is 3. The van der Waals surface area contributed by atoms with E-state index in [-0.39, 0.29) is 18.2 Å². The third kappa shape index (κ3) is 4.77. The fourth-order valence-corrected chi connectivity index (χ4v) is 5.44. The maximum atomic E-state index is 13.7. The minimum Gasteiger partial charge on any atom is -0.496 e. The van der Waals surface area contributed by atoms with Crippen LogP contribution < -0.4 is 21.1 Å². The summed E-state index contributed by atoms with van der Waals surface area (Å²) in [6, 6.07) is 13.1. The van der Waals surface area contributed by atoms with Crippen LogP contribution in [-0.2, 0) is 20.8 Å². The summed E-state index contributed by atoms with van der Waals surface area (Å²) in [5, 5.41) is 17.8. The van der Waals surface area contributed by atoms with Crippen LogP contribution in [-0.4, -0.2) is 59.0 Å². The molecule has 37 heavy (non-hydrogen) atoms. The monoisotopic (exact) mass is 505 g/mol. The Morgan fingerprint density at radius 1 is 1.24 bits per heavy atom. The molecule has 0 bridgehead atoms. The van der Waals surface area contributed by atoms with E-state index in [2.05, 4.69) is 15.6 Å². The number of fused-ring (bicyclic) bond motifs is 2. The minimum atomic E-state index is -1.13. The van der Waals surface area contributed by atoms with Gasteiger partial charge in [-0.2, -0.15) is 0 Å². The maximum absolute atomic E-state index is 13.7. The molecule has 3 aromatic rings. The second-order valence-corrected chi connectivity index (χ2v) is 9.58. The molecular weight excluding hydrogens is 474 g/mol. The lowest BCUT2D eigenvalue weighted by molar-refractivity contribution is -0.137. The van der Waals surface area contributed by atoms with E-state index in [1.54, 1.807) is 12.0 Å². The molecule has 1 unspecified atom stereocenters. The van der Waals surface area contributed by atoms with Crippen LogP contribution in [0.4, 0.5) is 0 Å². The Morgan fingerprint density at radius 3 is 2.78 bits per heavy atom. The molecule has 2 aliphatic rings. The first-order valence-electron chi connectivity index (χ1n) is 12.4. The van der Waals surface area contributed by atoms with E-state index < -0.39 is 30.1 Å². The minimum absolute atomic E-state index is 0.131. The summed E-state index contributed by atoms with van der Waals surface area (Å²) in [5.74, 6) is -1.02. The highest BCUT2D eigenvalue weighted by Crippen LogP contribution is 2.37. The Morgan fingerprint density at radius 2 is 2.05 bits per heavy atom. The van der Waals surface area contributed by atoms with Crippen molar-refractivity contribution in [2.75, 3.05) is 20.2 Å². The number of aliphatic hydroxyl groups is 1. The number of ether oxygens (including phenoxy) is 1. The number of aromatic amines is 1. The van der Waals surface area contributed by atoms with E-state index >= 15 is 0 Å². The second-order valence-electron chi connectivity index (χ2n) is 9.58. The number of methoxy groups -OCH3 is 1. The van der Waals surface area contributed by atoms with Crippen LogP contribution >= 0.6 is 0 Å². The predicted molar refractivity (Wildman–Crippen MR) is 136 cm³/mol. The van der Waals surface area contributed by atoms with Gasteiger partial charge in [-0.25, -0.2) is 0 Å². The standard InChI is InChI=1S/C27H31N5O5/c1-37-22-8-4-7-19-18(22)14-21(30-19)27(36)32-12-10-15-5-2-3-6-17(15)23(32)26(35)31-20(24(28)33)13-16-9-11-29-25(16)34/h2-8,14,16,20,23,27,30,36H,9-13H2,1H3,(H2,28,33)(H,29,34)(H,31,35)/t16-,20-,23-,27?/m0/s1. The molecular formula is C27H31N5O5. The van der Waals surface area contributed by atoms with Crippen molar-refractivity contribution in [3.63, 3.8) is 0 Å². The van der Waals surface area contributed by atoms with Gasteiger partial charge in [-0.05, 0) is 48.6 Å². The molecule has 1 fully saturated rings. The zero-order valence-corrected chi connectivity index (χ0v) is 20.6. The van der Waals surface area contributed by atoms with E-state index in [9.17, 15) is 19.5 Å². The summed E-state index contributed by atoms with van der Waals surface area (Å²) in [7, 11) is 1.59. The zero-order valence-electron chi connectivity index (χ0n) is 20.6. The van der Waals surface area contributed by atoms with E-state index in [1.165, 1.54) is 0 Å². The zero-order chi connectivity index (χ0) is 26.1. The highest BCUT2D eigenvalue weighted by molar-refractivity contribution is 5.91. The van der Waals surface area contributed by atoms with Crippen molar-refractivity contribution in [1.82, 2.24) is 20.5 Å². The van der Waals surface area contributed by atoms with Gasteiger partial charge in [0.2, 0.25) is 17.7 Å². The summed E-state index contributed by atoms with van der Waals surface area (Å²) in [6.45, 7) is 0.948. The molecule has 0 aliphatic carbocycles. The van der Waals surface area contributed by atoms with Gasteiger partial charge in [0.1, 0.15) is 24.1 Å². The number of rotatable bonds is 8. The van der Waals surface area contributed by atoms with Gasteiger partial charge >= 0.3 is 0 Å². The van der Waals surface area contributed by atoms with Crippen LogP contribution in [0.1, 0.15) is 41.9 Å². The third-order valence-electron chi connectivity index (χ3n) is 7.37. The molecule has 3 amide bonds. The van der Waals surface area contributed by atoms with Gasteiger partial charge in [-0.1, -0.05) is 30.3 Å². The lowest BCUT2D eigenvalue weighted by atomic mass is 9.90. The Bertz CT molecular complexity index is 1340. The van der Waals surface area contributed by atoms with Crippen molar-refractivity contribution in [2.45, 2.75) is 37.6 Å². The largest absolute Gasteiger partial charge is 0.496 e. The summed E-state index contributed by atoms with van der Waals surface area (Å²) in [6.07, 6.45) is 0.224. The summed E-state index contributed by atoms with van der Waals surface area (Å²) < 4.78 is 5.45. The first-order valence-corrected chi connectivity index (χ1v) is 12.4. The molecule has 1 aromatic heterocycles. The Kier molecular flexibility index (Phi) is 6.86. The average Bonchev–Trinajstić information content (AvgIpc) is 3.52. The van der Waals surface area contributed by atoms with Crippen molar-refractivity contribution in [3.05, 3.63) is 65.4 Å². The third-order valence-corrected chi connectivity index (χ3v) is 7.37. The van der Waals surface area contributed by atoms with E-state index in [1.807, 2.05) is 48.5 Å². The first-order chi connectivity index (χ1) is 17.9. The smallest absolute Gasteiger partial charge is 0.242 e. The van der Waals surface area contributed by atoms with Crippen molar-refractivity contribution >= 4 is 28.6 Å². The Labute approximate surface area is 214 Å². The van der Waals surface area contributed by atoms with Gasteiger partial charge in [-0.3, -0.25) is 19.3 Å². The van der Waals surface area contributed by atoms with Crippen LogP contribution in [0.15, 0.2) is 48.5 Å². The molecule has 10 heteroatoms.